The number of benzene rings is 2. The summed E-state index contributed by atoms with van der Waals surface area (Å²) in [4.78, 5) is 8.77. The van der Waals surface area contributed by atoms with E-state index in [0.29, 0.717) is 34.7 Å². The number of hydrogen-bond donors (Lipinski definition) is 3. The summed E-state index contributed by atoms with van der Waals surface area (Å²) < 4.78 is 29.6. The molecule has 144 valence electrons. The average molecular weight is 403 g/mol. The first-order chi connectivity index (χ1) is 13.3. The summed E-state index contributed by atoms with van der Waals surface area (Å²) in [5.41, 5.74) is 13.9. The second kappa shape index (κ2) is 6.57. The van der Waals surface area contributed by atoms with E-state index < -0.39 is 17.4 Å². The van der Waals surface area contributed by atoms with Crippen LogP contribution in [0.1, 0.15) is 18.3 Å². The Labute approximate surface area is 164 Å². The highest BCUT2D eigenvalue weighted by Crippen LogP contribution is 2.29. The van der Waals surface area contributed by atoms with E-state index in [1.54, 1.807) is 22.8 Å². The minimum absolute atomic E-state index is 0.0276. The van der Waals surface area contributed by atoms with Gasteiger partial charge in [0.15, 0.2) is 0 Å². The first-order valence-electron chi connectivity index (χ1n) is 8.57. The number of amidine groups is 1. The molecular formula is C19H17ClF2N6. The number of aryl methyl sites for hydroxylation is 1. The Morgan fingerprint density at radius 1 is 1.21 bits per heavy atom. The molecule has 1 atom stereocenters. The Balaban J connectivity index is 1.86. The van der Waals surface area contributed by atoms with Gasteiger partial charge in [-0.3, -0.25) is 10.3 Å². The van der Waals surface area contributed by atoms with Crippen molar-refractivity contribution < 1.29 is 8.78 Å². The van der Waals surface area contributed by atoms with Crippen molar-refractivity contribution in [2.45, 2.75) is 19.1 Å². The van der Waals surface area contributed by atoms with Gasteiger partial charge in [0, 0.05) is 24.1 Å². The van der Waals surface area contributed by atoms with Gasteiger partial charge in [-0.2, -0.15) is 0 Å². The molecule has 1 unspecified atom stereocenters. The Bertz CT molecular complexity index is 1150. The molecule has 0 saturated heterocycles. The maximum Gasteiger partial charge on any atom is 0.212 e. The molecule has 4 rings (SSSR count). The molecule has 0 fully saturated rings. The van der Waals surface area contributed by atoms with Gasteiger partial charge in [-0.15, -0.1) is 0 Å². The van der Waals surface area contributed by atoms with Gasteiger partial charge in [0.2, 0.25) is 5.79 Å². The first-order valence-corrected chi connectivity index (χ1v) is 8.95. The fourth-order valence-corrected chi connectivity index (χ4v) is 3.35. The van der Waals surface area contributed by atoms with E-state index in [1.807, 2.05) is 6.92 Å². The van der Waals surface area contributed by atoms with Gasteiger partial charge in [0.05, 0.1) is 16.1 Å². The predicted molar refractivity (Wildman–Crippen MR) is 105 cm³/mol. The number of nitrogens with zero attached hydrogens (tertiary/aromatic N) is 3. The Morgan fingerprint density at radius 3 is 2.71 bits per heavy atom. The van der Waals surface area contributed by atoms with Crippen molar-refractivity contribution in [2.24, 2.45) is 16.5 Å². The van der Waals surface area contributed by atoms with Crippen molar-refractivity contribution in [3.05, 3.63) is 70.5 Å². The number of nitrogens with one attached hydrogen (secondary N) is 1. The fourth-order valence-electron chi connectivity index (χ4n) is 3.23. The molecule has 0 bridgehead atoms. The SMILES string of the molecule is CCc1nc2ccc(F)cc2n1C1=CC(N)=NC(N)(c2ccc(Cl)c(F)c2)N1. The topological polar surface area (TPSA) is 94.2 Å². The van der Waals surface area contributed by atoms with Crippen molar-refractivity contribution in [2.75, 3.05) is 0 Å². The van der Waals surface area contributed by atoms with E-state index in [4.69, 9.17) is 23.1 Å². The van der Waals surface area contributed by atoms with Crippen LogP contribution in [0.25, 0.3) is 16.9 Å². The summed E-state index contributed by atoms with van der Waals surface area (Å²) in [5, 5.41) is 3.05. The van der Waals surface area contributed by atoms with Crippen LogP contribution < -0.4 is 16.8 Å². The van der Waals surface area contributed by atoms with Gasteiger partial charge in [0.25, 0.3) is 0 Å². The Kier molecular flexibility index (Phi) is 4.32. The largest absolute Gasteiger partial charge is 0.384 e. The van der Waals surface area contributed by atoms with E-state index >= 15 is 0 Å². The quantitative estimate of drug-likeness (QED) is 0.627. The lowest BCUT2D eigenvalue weighted by Gasteiger charge is -2.33. The number of hydrogen-bond acceptors (Lipinski definition) is 5. The zero-order valence-electron chi connectivity index (χ0n) is 14.9. The zero-order valence-corrected chi connectivity index (χ0v) is 15.6. The van der Waals surface area contributed by atoms with Crippen LogP contribution in [0.5, 0.6) is 0 Å². The number of imidazole rings is 1. The average Bonchev–Trinajstić information content (AvgIpc) is 3.01. The number of aromatic nitrogens is 2. The van der Waals surface area contributed by atoms with Crippen molar-refractivity contribution in [1.82, 2.24) is 14.9 Å². The van der Waals surface area contributed by atoms with Crippen LogP contribution in [0.3, 0.4) is 0 Å². The van der Waals surface area contributed by atoms with E-state index in [1.165, 1.54) is 24.3 Å². The maximum absolute atomic E-state index is 14.0. The second-order valence-electron chi connectivity index (χ2n) is 6.44. The van der Waals surface area contributed by atoms with Crippen LogP contribution in [0.15, 0.2) is 47.5 Å². The number of aliphatic imine (C=N–C) groups is 1. The first kappa shape index (κ1) is 18.4. The van der Waals surface area contributed by atoms with Crippen LogP contribution in [0.2, 0.25) is 5.02 Å². The van der Waals surface area contributed by atoms with Gasteiger partial charge >= 0.3 is 0 Å². The molecule has 1 aromatic heterocycles. The molecule has 0 radical (unpaired) electrons. The van der Waals surface area contributed by atoms with Crippen molar-refractivity contribution in [3.8, 4) is 0 Å². The van der Waals surface area contributed by atoms with E-state index in [0.717, 1.165) is 0 Å². The standard InChI is InChI=1S/C19H17ClF2N6/c1-2-17-25-14-6-4-11(21)8-15(14)28(17)18-9-16(23)26-19(24,27-18)10-3-5-12(20)13(22)7-10/h3-9,27H,2,24H2,1H3,(H2,23,26). The van der Waals surface area contributed by atoms with Crippen molar-refractivity contribution in [1.29, 1.82) is 0 Å². The molecule has 1 aliphatic rings. The molecule has 3 aromatic rings. The summed E-state index contributed by atoms with van der Waals surface area (Å²) in [6.07, 6.45) is 2.15. The molecule has 0 aliphatic carbocycles. The molecule has 0 spiro atoms. The molecule has 28 heavy (non-hydrogen) atoms. The summed E-state index contributed by atoms with van der Waals surface area (Å²) in [6.45, 7) is 1.93. The van der Waals surface area contributed by atoms with Gasteiger partial charge < -0.3 is 11.1 Å². The summed E-state index contributed by atoms with van der Waals surface area (Å²) >= 11 is 5.77. The van der Waals surface area contributed by atoms with Crippen LogP contribution in [0.4, 0.5) is 8.78 Å². The molecule has 2 heterocycles. The van der Waals surface area contributed by atoms with E-state index in [2.05, 4.69) is 15.3 Å². The maximum atomic E-state index is 14.0. The molecule has 5 N–H and O–H groups in total. The highest BCUT2D eigenvalue weighted by atomic mass is 35.5. The monoisotopic (exact) mass is 402 g/mol. The number of rotatable bonds is 3. The molecule has 0 saturated carbocycles. The van der Waals surface area contributed by atoms with Gasteiger partial charge in [-0.05, 0) is 24.3 Å². The molecular weight excluding hydrogens is 386 g/mol. The minimum atomic E-state index is -1.53. The normalized spacial score (nSPS) is 19.3. The van der Waals surface area contributed by atoms with Gasteiger partial charge in [-0.1, -0.05) is 24.6 Å². The number of halogens is 3. The highest BCUT2D eigenvalue weighted by molar-refractivity contribution is 6.30. The smallest absolute Gasteiger partial charge is 0.212 e. The second-order valence-corrected chi connectivity index (χ2v) is 6.84. The lowest BCUT2D eigenvalue weighted by Crippen LogP contribution is -2.52. The molecule has 0 amide bonds. The third kappa shape index (κ3) is 3.00. The Morgan fingerprint density at radius 2 is 2.00 bits per heavy atom. The van der Waals surface area contributed by atoms with Crippen LogP contribution in [0, 0.1) is 11.6 Å². The lowest BCUT2D eigenvalue weighted by atomic mass is 10.1. The van der Waals surface area contributed by atoms with Crippen molar-refractivity contribution in [3.63, 3.8) is 0 Å². The van der Waals surface area contributed by atoms with Crippen molar-refractivity contribution >= 4 is 34.3 Å². The third-order valence-corrected chi connectivity index (χ3v) is 4.82. The Hall–Kier alpha value is -2.97. The van der Waals surface area contributed by atoms with E-state index in [-0.39, 0.29) is 10.9 Å². The van der Waals surface area contributed by atoms with Crippen LogP contribution in [-0.2, 0) is 12.2 Å². The summed E-state index contributed by atoms with van der Waals surface area (Å²) in [5.74, 6) is -1.29. The van der Waals surface area contributed by atoms with Gasteiger partial charge in [-0.25, -0.2) is 18.8 Å². The van der Waals surface area contributed by atoms with E-state index in [9.17, 15) is 8.78 Å². The zero-order chi connectivity index (χ0) is 20.1. The lowest BCUT2D eigenvalue weighted by molar-refractivity contribution is 0.408. The van der Waals surface area contributed by atoms with Crippen LogP contribution >= 0.6 is 11.6 Å². The minimum Gasteiger partial charge on any atom is -0.384 e. The molecule has 2 aromatic carbocycles. The fraction of sp³-hybridized carbons (Fsp3) is 0.158. The predicted octanol–water partition coefficient (Wildman–Crippen LogP) is 3.06. The van der Waals surface area contributed by atoms with Gasteiger partial charge in [0.1, 0.15) is 29.1 Å². The third-order valence-electron chi connectivity index (χ3n) is 4.51. The summed E-state index contributed by atoms with van der Waals surface area (Å²) in [7, 11) is 0. The molecule has 9 heteroatoms. The highest BCUT2D eigenvalue weighted by Gasteiger charge is 2.32. The van der Waals surface area contributed by atoms with Crippen LogP contribution in [-0.4, -0.2) is 15.4 Å². The summed E-state index contributed by atoms with van der Waals surface area (Å²) in [6, 6.07) is 8.48. The molecule has 1 aliphatic heterocycles. The number of nitrogens with two attached hydrogens (primary N) is 2. The molecule has 6 nitrogen and oxygen atoms in total. The number of fused-ring (bicyclic) bond motifs is 1.